The van der Waals surface area contributed by atoms with E-state index in [0.29, 0.717) is 29.4 Å². The second-order valence-corrected chi connectivity index (χ2v) is 6.09. The van der Waals surface area contributed by atoms with Crippen molar-refractivity contribution in [2.24, 2.45) is 22.3 Å². The van der Waals surface area contributed by atoms with E-state index in [9.17, 15) is 0 Å². The van der Waals surface area contributed by atoms with Crippen LogP contribution in [0.5, 0.6) is 5.75 Å². The highest BCUT2D eigenvalue weighted by Gasteiger charge is 2.27. The third kappa shape index (κ3) is 2.86. The molecule has 0 aliphatic carbocycles. The molecule has 9 N–H and O–H groups in total. The number of nitrogens with two attached hydrogens (primary N) is 3. The molecule has 3 rings (SSSR count). The predicted molar refractivity (Wildman–Crippen MR) is 93.7 cm³/mol. The van der Waals surface area contributed by atoms with Crippen molar-refractivity contribution in [3.8, 4) is 5.75 Å². The number of aliphatic imine (C=N–C) groups is 1. The lowest BCUT2D eigenvalue weighted by atomic mass is 10.1. The van der Waals surface area contributed by atoms with Crippen molar-refractivity contribution >= 4 is 33.6 Å². The van der Waals surface area contributed by atoms with Gasteiger partial charge in [0, 0.05) is 18.2 Å². The smallest absolute Gasteiger partial charge is 0.146 e. The summed E-state index contributed by atoms with van der Waals surface area (Å²) >= 11 is 3.34. The number of hydrogen-bond donors (Lipinski definition) is 6. The highest BCUT2D eigenvalue weighted by molar-refractivity contribution is 9.09. The van der Waals surface area contributed by atoms with Gasteiger partial charge in [0.05, 0.1) is 24.1 Å². The number of fused-ring (bicyclic) bond motifs is 1. The van der Waals surface area contributed by atoms with Gasteiger partial charge in [-0.25, -0.2) is 11.3 Å². The molecule has 0 aromatic heterocycles. The Morgan fingerprint density at radius 2 is 2.26 bits per heavy atom. The Kier molecular flexibility index (Phi) is 4.41. The van der Waals surface area contributed by atoms with Crippen LogP contribution in [0, 0.1) is 0 Å². The normalized spacial score (nSPS) is 20.7. The fraction of sp³-hybridized carbons (Fsp3) is 0.308. The van der Waals surface area contributed by atoms with Crippen molar-refractivity contribution in [3.05, 3.63) is 29.1 Å². The molecule has 1 aromatic carbocycles. The van der Waals surface area contributed by atoms with E-state index in [4.69, 9.17) is 22.0 Å². The molecule has 1 aromatic rings. The van der Waals surface area contributed by atoms with Crippen LogP contribution in [0.15, 0.2) is 28.5 Å². The van der Waals surface area contributed by atoms with E-state index in [1.54, 1.807) is 7.11 Å². The monoisotopic (exact) mass is 382 g/mol. The van der Waals surface area contributed by atoms with Gasteiger partial charge in [0.1, 0.15) is 23.4 Å². The molecule has 2 unspecified atom stereocenters. The summed E-state index contributed by atoms with van der Waals surface area (Å²) in [5.74, 6) is 7.51. The highest BCUT2D eigenvalue weighted by Crippen LogP contribution is 2.36. The van der Waals surface area contributed by atoms with Crippen molar-refractivity contribution < 1.29 is 4.74 Å². The Balaban J connectivity index is 2.05. The van der Waals surface area contributed by atoms with Crippen molar-refractivity contribution in [3.63, 3.8) is 0 Å². The number of anilines is 2. The second kappa shape index (κ2) is 6.34. The Labute approximate surface area is 142 Å². The maximum Gasteiger partial charge on any atom is 0.146 e. The van der Waals surface area contributed by atoms with Gasteiger partial charge in [-0.2, -0.15) is 0 Å². The first kappa shape index (κ1) is 16.0. The van der Waals surface area contributed by atoms with E-state index >= 15 is 0 Å². The van der Waals surface area contributed by atoms with Gasteiger partial charge in [0.2, 0.25) is 0 Å². The third-order valence-electron chi connectivity index (χ3n) is 3.73. The van der Waals surface area contributed by atoms with Gasteiger partial charge >= 0.3 is 0 Å². The van der Waals surface area contributed by atoms with Crippen LogP contribution < -0.4 is 43.2 Å². The summed E-state index contributed by atoms with van der Waals surface area (Å²) in [6.07, 6.45) is 0.928. The Bertz CT molecular complexity index is 674. The summed E-state index contributed by atoms with van der Waals surface area (Å²) in [7, 11) is 1.59. The number of benzene rings is 1. The second-order valence-electron chi connectivity index (χ2n) is 5.10. The van der Waals surface area contributed by atoms with E-state index in [1.807, 2.05) is 12.1 Å². The number of methoxy groups -OCH3 is 1. The number of ether oxygens (including phenoxy) is 1. The number of nitrogens with one attached hydrogen (secondary N) is 3. The minimum Gasteiger partial charge on any atom is -0.494 e. The van der Waals surface area contributed by atoms with Crippen LogP contribution in [-0.2, 0) is 6.54 Å². The zero-order valence-corrected chi connectivity index (χ0v) is 14.1. The molecule has 10 heteroatoms. The molecule has 0 saturated heterocycles. The van der Waals surface area contributed by atoms with Gasteiger partial charge in [-0.15, -0.1) is 0 Å². The van der Waals surface area contributed by atoms with E-state index in [-0.39, 0.29) is 0 Å². The summed E-state index contributed by atoms with van der Waals surface area (Å²) in [6, 6.07) is 3.83. The summed E-state index contributed by atoms with van der Waals surface area (Å²) in [6.45, 7) is 0.693. The van der Waals surface area contributed by atoms with Gasteiger partial charge in [-0.1, -0.05) is 15.9 Å². The average molecular weight is 383 g/mol. The molecule has 0 radical (unpaired) electrons. The molecular formula is C13H19BrN8O. The number of hydrazine groups is 2. The van der Waals surface area contributed by atoms with Gasteiger partial charge in [0.25, 0.3) is 0 Å². The summed E-state index contributed by atoms with van der Waals surface area (Å²) in [4.78, 5) is 3.62. The fourth-order valence-corrected chi connectivity index (χ4v) is 3.05. The summed E-state index contributed by atoms with van der Waals surface area (Å²) < 4.78 is 5.46. The first-order valence-electron chi connectivity index (χ1n) is 6.95. The maximum atomic E-state index is 6.33. The lowest BCUT2D eigenvalue weighted by Crippen LogP contribution is -2.46. The minimum atomic E-state index is -0.574. The maximum absolute atomic E-state index is 6.33. The number of nitrogens with zero attached hydrogens (tertiary/aromatic N) is 2. The lowest BCUT2D eigenvalue weighted by Gasteiger charge is -2.31. The number of halogens is 1. The third-order valence-corrected chi connectivity index (χ3v) is 4.23. The van der Waals surface area contributed by atoms with Crippen LogP contribution >= 0.6 is 15.9 Å². The van der Waals surface area contributed by atoms with Crippen molar-refractivity contribution in [2.45, 2.75) is 17.7 Å². The largest absolute Gasteiger partial charge is 0.494 e. The van der Waals surface area contributed by atoms with Crippen LogP contribution in [0.25, 0.3) is 0 Å². The van der Waals surface area contributed by atoms with Gasteiger partial charge in [-0.3, -0.25) is 10.0 Å². The van der Waals surface area contributed by atoms with Crippen LogP contribution in [0.1, 0.15) is 5.56 Å². The van der Waals surface area contributed by atoms with Crippen LogP contribution in [0.3, 0.4) is 0 Å². The minimum absolute atomic E-state index is 0.479. The Hall–Kier alpha value is -1.85. The van der Waals surface area contributed by atoms with Crippen LogP contribution in [0.4, 0.5) is 11.4 Å². The summed E-state index contributed by atoms with van der Waals surface area (Å²) in [5.41, 5.74) is 21.5. The molecule has 0 fully saturated rings. The number of rotatable bonds is 4. The average Bonchev–Trinajstić information content (AvgIpc) is 2.99. The first-order valence-corrected chi connectivity index (χ1v) is 7.86. The van der Waals surface area contributed by atoms with E-state index in [2.05, 4.69) is 37.1 Å². The highest BCUT2D eigenvalue weighted by atomic mass is 79.9. The van der Waals surface area contributed by atoms with Crippen LogP contribution in [0.2, 0.25) is 0 Å². The molecular weight excluding hydrogens is 364 g/mol. The quantitative estimate of drug-likeness (QED) is 0.179. The fourth-order valence-electron chi connectivity index (χ4n) is 2.57. The zero-order chi connectivity index (χ0) is 16.6. The van der Waals surface area contributed by atoms with Crippen molar-refractivity contribution in [1.82, 2.24) is 10.7 Å². The predicted octanol–water partition coefficient (Wildman–Crippen LogP) is -0.387. The van der Waals surface area contributed by atoms with Gasteiger partial charge in [-0.05, 0) is 11.6 Å². The molecule has 0 amide bonds. The summed E-state index contributed by atoms with van der Waals surface area (Å²) in [5, 5.41) is 4.48. The Morgan fingerprint density at radius 1 is 1.48 bits per heavy atom. The van der Waals surface area contributed by atoms with Gasteiger partial charge in [0.15, 0.2) is 0 Å². The Morgan fingerprint density at radius 3 is 2.96 bits per heavy atom. The SMILES string of the molecule is COc1cc2c(cc1N(N)C1=C(C(N)Br)C(N)N=CN1)CNN2. The number of hydrogen-bond acceptors (Lipinski definition) is 9. The van der Waals surface area contributed by atoms with E-state index < -0.39 is 11.1 Å². The molecule has 2 aliphatic rings. The molecule has 2 heterocycles. The van der Waals surface area contributed by atoms with Crippen molar-refractivity contribution in [1.29, 1.82) is 0 Å². The molecule has 0 spiro atoms. The molecule has 9 nitrogen and oxygen atoms in total. The van der Waals surface area contributed by atoms with Crippen molar-refractivity contribution in [2.75, 3.05) is 17.5 Å². The van der Waals surface area contributed by atoms with E-state index in [1.165, 1.54) is 11.3 Å². The van der Waals surface area contributed by atoms with Gasteiger partial charge < -0.3 is 26.9 Å². The number of alkyl halides is 1. The molecule has 0 bridgehead atoms. The van der Waals surface area contributed by atoms with Crippen LogP contribution in [-0.4, -0.2) is 24.6 Å². The lowest BCUT2D eigenvalue weighted by molar-refractivity contribution is 0.415. The molecule has 2 atom stereocenters. The standard InChI is InChI=1S/C13H19BrN8O/c1-23-9-3-7-6(4-20-21-7)2-8(9)22(17)13-10(11(14)15)12(16)18-5-19-13/h2-3,5,11-12,20-21H,4,15-17H2,1H3,(H,18,19). The zero-order valence-electron chi connectivity index (χ0n) is 12.5. The topological polar surface area (TPSA) is 139 Å². The molecule has 23 heavy (non-hydrogen) atoms. The van der Waals surface area contributed by atoms with E-state index in [0.717, 1.165) is 11.3 Å². The molecule has 124 valence electrons. The first-order chi connectivity index (χ1) is 11.0. The molecule has 2 aliphatic heterocycles. The molecule has 0 saturated carbocycles.